The molecule has 0 saturated heterocycles. The lowest BCUT2D eigenvalue weighted by Crippen LogP contribution is -1.86. The van der Waals surface area contributed by atoms with Crippen molar-refractivity contribution in [1.82, 2.24) is 0 Å². The van der Waals surface area contributed by atoms with Gasteiger partial charge in [-0.15, -0.1) is 13.2 Å². The van der Waals surface area contributed by atoms with Crippen molar-refractivity contribution in [2.75, 3.05) is 0 Å². The lowest BCUT2D eigenvalue weighted by Gasteiger charge is -2.03. The molecule has 0 aromatic heterocycles. The lowest BCUT2D eigenvalue weighted by atomic mass is 10.0. The van der Waals surface area contributed by atoms with Crippen LogP contribution in [0.15, 0.2) is 37.4 Å². The van der Waals surface area contributed by atoms with Gasteiger partial charge in [-0.1, -0.05) is 57.2 Å². The largest absolute Gasteiger partial charge is 0.508 e. The maximum absolute atomic E-state index is 9.55. The number of phenolic OH excluding ortho intramolecular Hbond substituents is 1. The molecule has 1 rings (SSSR count). The Morgan fingerprint density at radius 2 is 1.50 bits per heavy atom. The summed E-state index contributed by atoms with van der Waals surface area (Å²) in [4.78, 5) is 0. The summed E-state index contributed by atoms with van der Waals surface area (Å²) in [5, 5.41) is 9.55. The minimum Gasteiger partial charge on any atom is -0.508 e. The molecule has 18 heavy (non-hydrogen) atoms. The normalized spacial score (nSPS) is 8.94. The van der Waals surface area contributed by atoms with Crippen molar-refractivity contribution in [2.24, 2.45) is 0 Å². The van der Waals surface area contributed by atoms with Crippen LogP contribution >= 0.6 is 0 Å². The first-order valence-electron chi connectivity index (χ1n) is 6.61. The lowest BCUT2D eigenvalue weighted by molar-refractivity contribution is 0.466. The van der Waals surface area contributed by atoms with E-state index in [1.165, 1.54) is 38.5 Å². The zero-order valence-electron chi connectivity index (χ0n) is 11.6. The molecule has 0 aliphatic rings. The van der Waals surface area contributed by atoms with E-state index in [9.17, 15) is 5.11 Å². The molecule has 2 nitrogen and oxygen atoms in total. The van der Waals surface area contributed by atoms with Crippen molar-refractivity contribution < 1.29 is 10.6 Å². The monoisotopic (exact) mass is 252 g/mol. The van der Waals surface area contributed by atoms with Crippen molar-refractivity contribution in [1.29, 1.82) is 0 Å². The molecule has 1 aromatic rings. The molecule has 0 unspecified atom stereocenters. The van der Waals surface area contributed by atoms with Crippen LogP contribution in [-0.2, 0) is 6.42 Å². The molecule has 1 aromatic carbocycles. The molecule has 104 valence electrons. The van der Waals surface area contributed by atoms with Gasteiger partial charge >= 0.3 is 0 Å². The fraction of sp³-hybridized carbons (Fsp3) is 0.500. The molecular weight excluding hydrogens is 224 g/mol. The van der Waals surface area contributed by atoms with E-state index in [0.717, 1.165) is 12.0 Å². The third kappa shape index (κ3) is 8.82. The predicted molar refractivity (Wildman–Crippen MR) is 80.1 cm³/mol. The fourth-order valence-electron chi connectivity index (χ4n) is 1.82. The van der Waals surface area contributed by atoms with Gasteiger partial charge in [0.2, 0.25) is 0 Å². The SMILES string of the molecule is C=C.CCCCCCCCc1ccccc1O.O. The summed E-state index contributed by atoms with van der Waals surface area (Å²) in [7, 11) is 0. The molecule has 0 bridgehead atoms. The number of benzene rings is 1. The van der Waals surface area contributed by atoms with Crippen LogP contribution in [0.25, 0.3) is 0 Å². The van der Waals surface area contributed by atoms with E-state index >= 15 is 0 Å². The molecule has 3 N–H and O–H groups in total. The Balaban J connectivity index is 0. The molecule has 0 amide bonds. The molecule has 0 aliphatic carbocycles. The van der Waals surface area contributed by atoms with Gasteiger partial charge in [0, 0.05) is 0 Å². The Kier molecular flexibility index (Phi) is 14.6. The highest BCUT2D eigenvalue weighted by molar-refractivity contribution is 5.31. The van der Waals surface area contributed by atoms with Gasteiger partial charge in [0.25, 0.3) is 0 Å². The number of hydrogen-bond donors (Lipinski definition) is 1. The molecule has 0 fully saturated rings. The van der Waals surface area contributed by atoms with Gasteiger partial charge in [-0.05, 0) is 24.5 Å². The van der Waals surface area contributed by atoms with Gasteiger partial charge in [-0.2, -0.15) is 0 Å². The van der Waals surface area contributed by atoms with Crippen LogP contribution in [0.5, 0.6) is 5.75 Å². The Labute approximate surface area is 112 Å². The summed E-state index contributed by atoms with van der Waals surface area (Å²) in [6.07, 6.45) is 8.85. The summed E-state index contributed by atoms with van der Waals surface area (Å²) >= 11 is 0. The van der Waals surface area contributed by atoms with Crippen LogP contribution < -0.4 is 0 Å². The highest BCUT2D eigenvalue weighted by Crippen LogP contribution is 2.18. The first-order valence-corrected chi connectivity index (χ1v) is 6.61. The minimum absolute atomic E-state index is 0. The van der Waals surface area contributed by atoms with Crippen LogP contribution in [0.3, 0.4) is 0 Å². The van der Waals surface area contributed by atoms with Crippen LogP contribution in [0.4, 0.5) is 0 Å². The van der Waals surface area contributed by atoms with E-state index < -0.39 is 0 Å². The minimum atomic E-state index is 0. The molecule has 0 aliphatic heterocycles. The highest BCUT2D eigenvalue weighted by atomic mass is 16.3. The summed E-state index contributed by atoms with van der Waals surface area (Å²) in [6.45, 7) is 8.24. The van der Waals surface area contributed by atoms with Gasteiger partial charge < -0.3 is 10.6 Å². The Morgan fingerprint density at radius 1 is 0.944 bits per heavy atom. The first kappa shape index (κ1) is 19.1. The molecule has 0 saturated carbocycles. The standard InChI is InChI=1S/C14H22O.C2H4.H2O/c1-2-3-4-5-6-7-10-13-11-8-9-12-14(13)15;1-2;/h8-9,11-12,15H,2-7,10H2,1H3;1-2H2;1H2. The van der Waals surface area contributed by atoms with Gasteiger partial charge in [-0.3, -0.25) is 0 Å². The summed E-state index contributed by atoms with van der Waals surface area (Å²) in [6, 6.07) is 7.65. The number of aryl methyl sites for hydroxylation is 1. The Morgan fingerprint density at radius 3 is 2.11 bits per heavy atom. The van der Waals surface area contributed by atoms with Crippen molar-refractivity contribution in [3.63, 3.8) is 0 Å². The van der Waals surface area contributed by atoms with Crippen LogP contribution in [0, 0.1) is 0 Å². The fourth-order valence-corrected chi connectivity index (χ4v) is 1.82. The van der Waals surface area contributed by atoms with E-state index in [-0.39, 0.29) is 5.48 Å². The van der Waals surface area contributed by atoms with E-state index in [1.54, 1.807) is 6.07 Å². The molecule has 0 spiro atoms. The van der Waals surface area contributed by atoms with E-state index in [0.29, 0.717) is 5.75 Å². The average molecular weight is 252 g/mol. The van der Waals surface area contributed by atoms with Gasteiger partial charge in [0.05, 0.1) is 0 Å². The van der Waals surface area contributed by atoms with Crippen LogP contribution in [0.2, 0.25) is 0 Å². The zero-order chi connectivity index (χ0) is 12.9. The van der Waals surface area contributed by atoms with Gasteiger partial charge in [0.15, 0.2) is 0 Å². The second-order valence-electron chi connectivity index (χ2n) is 4.15. The average Bonchev–Trinajstić information content (AvgIpc) is 2.38. The maximum Gasteiger partial charge on any atom is 0.118 e. The molecular formula is C16H28O2. The van der Waals surface area contributed by atoms with Crippen molar-refractivity contribution >= 4 is 0 Å². The van der Waals surface area contributed by atoms with Crippen LogP contribution in [0.1, 0.15) is 51.0 Å². The highest BCUT2D eigenvalue weighted by Gasteiger charge is 1.98. The van der Waals surface area contributed by atoms with Crippen molar-refractivity contribution in [2.45, 2.75) is 51.9 Å². The van der Waals surface area contributed by atoms with Gasteiger partial charge in [-0.25, -0.2) is 0 Å². The quantitative estimate of drug-likeness (QED) is 0.571. The Hall–Kier alpha value is -1.28. The second-order valence-corrected chi connectivity index (χ2v) is 4.15. The number of hydrogen-bond acceptors (Lipinski definition) is 1. The molecule has 0 atom stereocenters. The van der Waals surface area contributed by atoms with Crippen molar-refractivity contribution in [3.8, 4) is 5.75 Å². The first-order chi connectivity index (χ1) is 8.34. The van der Waals surface area contributed by atoms with E-state index in [2.05, 4.69) is 20.1 Å². The third-order valence-corrected chi connectivity index (χ3v) is 2.79. The smallest absolute Gasteiger partial charge is 0.118 e. The second kappa shape index (κ2) is 13.8. The van der Waals surface area contributed by atoms with Gasteiger partial charge in [0.1, 0.15) is 5.75 Å². The number of unbranched alkanes of at least 4 members (excludes halogenated alkanes) is 5. The van der Waals surface area contributed by atoms with Crippen LogP contribution in [-0.4, -0.2) is 10.6 Å². The summed E-state index contributed by atoms with van der Waals surface area (Å²) in [5.74, 6) is 0.450. The topological polar surface area (TPSA) is 51.7 Å². The zero-order valence-corrected chi connectivity index (χ0v) is 11.6. The van der Waals surface area contributed by atoms with E-state index in [4.69, 9.17) is 0 Å². The third-order valence-electron chi connectivity index (χ3n) is 2.79. The summed E-state index contributed by atoms with van der Waals surface area (Å²) < 4.78 is 0. The molecule has 0 heterocycles. The Bertz CT molecular complexity index is 284. The number of phenols is 1. The van der Waals surface area contributed by atoms with E-state index in [1.807, 2.05) is 18.2 Å². The molecule has 2 heteroatoms. The number of para-hydroxylation sites is 1. The maximum atomic E-state index is 9.55. The summed E-state index contributed by atoms with van der Waals surface area (Å²) in [5.41, 5.74) is 1.09. The van der Waals surface area contributed by atoms with Crippen molar-refractivity contribution in [3.05, 3.63) is 43.0 Å². The number of aromatic hydroxyl groups is 1. The predicted octanol–water partition coefficient (Wildman–Crippen LogP) is 4.27. The molecule has 0 radical (unpaired) electrons. The number of rotatable bonds is 7.